The van der Waals surface area contributed by atoms with Crippen molar-refractivity contribution < 1.29 is 15.4 Å². The fourth-order valence-electron chi connectivity index (χ4n) is 0.214. The van der Waals surface area contributed by atoms with Gasteiger partial charge in [-0.3, -0.25) is 4.79 Å². The number of hydrogen-bond acceptors (Lipinski definition) is 1. The maximum Gasteiger partial charge on any atom is 0.316 e. The van der Waals surface area contributed by atoms with Crippen molar-refractivity contribution in [1.29, 1.82) is 0 Å². The summed E-state index contributed by atoms with van der Waals surface area (Å²) in [5.74, 6) is -0.711. The van der Waals surface area contributed by atoms with Crippen molar-refractivity contribution in [2.75, 3.05) is 0 Å². The standard InChI is InChI=1S/C4H8O2.Mg.H2O.2H/c1-2-3-4(5)6;;;;/h2-3H2,1H3,(H,5,6);;1H2;;. The zero-order chi connectivity index (χ0) is 4.99. The Morgan fingerprint density at radius 2 is 2.00 bits per heavy atom. The molecule has 0 aliphatic carbocycles. The molecule has 0 heterocycles. The first-order valence-corrected chi connectivity index (χ1v) is 1.99. The van der Waals surface area contributed by atoms with Crippen LogP contribution in [0.3, 0.4) is 0 Å². The van der Waals surface area contributed by atoms with Crippen LogP contribution in [0.2, 0.25) is 0 Å². The highest BCUT2D eigenvalue weighted by Gasteiger charge is 1.87. The minimum atomic E-state index is -0.711. The van der Waals surface area contributed by atoms with E-state index in [1.165, 1.54) is 0 Å². The van der Waals surface area contributed by atoms with Crippen LogP contribution in [0.5, 0.6) is 0 Å². The molecule has 48 valence electrons. The van der Waals surface area contributed by atoms with Crippen LogP contribution >= 0.6 is 0 Å². The largest absolute Gasteiger partial charge is 0.481 e. The molecule has 0 unspecified atom stereocenters. The minimum Gasteiger partial charge on any atom is -0.481 e. The van der Waals surface area contributed by atoms with Gasteiger partial charge in [0.25, 0.3) is 0 Å². The first kappa shape index (κ1) is 15.7. The molecule has 0 saturated heterocycles. The lowest BCUT2D eigenvalue weighted by molar-refractivity contribution is -0.137. The highest BCUT2D eigenvalue weighted by Crippen LogP contribution is 1.82. The Bertz CT molecular complexity index is 55.2. The molecule has 0 aliphatic heterocycles. The van der Waals surface area contributed by atoms with E-state index < -0.39 is 5.97 Å². The quantitative estimate of drug-likeness (QED) is 0.496. The average molecular weight is 132 g/mol. The Morgan fingerprint density at radius 1 is 1.62 bits per heavy atom. The molecule has 0 aromatic heterocycles. The summed E-state index contributed by atoms with van der Waals surface area (Å²) < 4.78 is 0. The highest BCUT2D eigenvalue weighted by molar-refractivity contribution is 5.75. The first-order valence-electron chi connectivity index (χ1n) is 1.99. The summed E-state index contributed by atoms with van der Waals surface area (Å²) in [6.07, 6.45) is 1.02. The van der Waals surface area contributed by atoms with Gasteiger partial charge in [-0.1, -0.05) is 6.92 Å². The maximum absolute atomic E-state index is 9.60. The Hall–Kier alpha value is 0.196. The summed E-state index contributed by atoms with van der Waals surface area (Å²) in [5, 5.41) is 7.91. The van der Waals surface area contributed by atoms with Gasteiger partial charge < -0.3 is 10.6 Å². The topological polar surface area (TPSA) is 68.8 Å². The van der Waals surface area contributed by atoms with Crippen molar-refractivity contribution in [3.05, 3.63) is 0 Å². The van der Waals surface area contributed by atoms with Crippen LogP contribution < -0.4 is 0 Å². The molecule has 0 amide bonds. The van der Waals surface area contributed by atoms with Crippen molar-refractivity contribution in [2.24, 2.45) is 0 Å². The third-order valence-electron chi connectivity index (χ3n) is 0.464. The van der Waals surface area contributed by atoms with Crippen LogP contribution in [0.25, 0.3) is 0 Å². The second-order valence-electron chi connectivity index (χ2n) is 1.14. The zero-order valence-corrected chi connectivity index (χ0v) is 4.27. The summed E-state index contributed by atoms with van der Waals surface area (Å²) >= 11 is 0. The predicted octanol–water partition coefficient (Wildman–Crippen LogP) is -0.870. The molecule has 0 radical (unpaired) electrons. The first-order chi connectivity index (χ1) is 2.77. The Labute approximate surface area is 64.5 Å². The molecule has 0 aromatic carbocycles. The van der Waals surface area contributed by atoms with Crippen molar-refractivity contribution in [3.63, 3.8) is 0 Å². The van der Waals surface area contributed by atoms with Gasteiger partial charge in [-0.25, -0.2) is 0 Å². The van der Waals surface area contributed by atoms with Crippen molar-refractivity contribution in [2.45, 2.75) is 19.8 Å². The van der Waals surface area contributed by atoms with Crippen LogP contribution in [0, 0.1) is 0 Å². The van der Waals surface area contributed by atoms with Gasteiger partial charge in [0.2, 0.25) is 0 Å². The monoisotopic (exact) mass is 132 g/mol. The van der Waals surface area contributed by atoms with Gasteiger partial charge in [0.15, 0.2) is 0 Å². The molecule has 3 nitrogen and oxygen atoms in total. The average Bonchev–Trinajstić information content (AvgIpc) is 1.35. The smallest absolute Gasteiger partial charge is 0.316 e. The van der Waals surface area contributed by atoms with E-state index in [0.29, 0.717) is 6.42 Å². The molecule has 0 bridgehead atoms. The van der Waals surface area contributed by atoms with E-state index in [9.17, 15) is 4.79 Å². The number of hydrogen-bond donors (Lipinski definition) is 1. The summed E-state index contributed by atoms with van der Waals surface area (Å²) in [6, 6.07) is 0. The number of carboxylic acid groups (broad SMARTS) is 1. The van der Waals surface area contributed by atoms with Crippen molar-refractivity contribution >= 4 is 29.0 Å². The normalized spacial score (nSPS) is 6.12. The molecule has 0 spiro atoms. The summed E-state index contributed by atoms with van der Waals surface area (Å²) in [6.45, 7) is 1.84. The van der Waals surface area contributed by atoms with Gasteiger partial charge in [-0.2, -0.15) is 0 Å². The van der Waals surface area contributed by atoms with Crippen LogP contribution in [0.4, 0.5) is 0 Å². The second-order valence-corrected chi connectivity index (χ2v) is 1.14. The Balaban J connectivity index is -0.000000125. The molecule has 0 aromatic rings. The predicted molar refractivity (Wildman–Crippen MR) is 34.7 cm³/mol. The lowest BCUT2D eigenvalue weighted by Crippen LogP contribution is -1.90. The van der Waals surface area contributed by atoms with Gasteiger partial charge in [0, 0.05) is 6.42 Å². The van der Waals surface area contributed by atoms with Gasteiger partial charge in [0.1, 0.15) is 0 Å². The molecular weight excluding hydrogens is 120 g/mol. The fraction of sp³-hybridized carbons (Fsp3) is 0.750. The lowest BCUT2D eigenvalue weighted by Gasteiger charge is -1.79. The number of rotatable bonds is 2. The molecule has 8 heavy (non-hydrogen) atoms. The van der Waals surface area contributed by atoms with E-state index >= 15 is 0 Å². The van der Waals surface area contributed by atoms with Gasteiger partial charge in [-0.05, 0) is 6.42 Å². The Kier molecular flexibility index (Phi) is 20.1. The van der Waals surface area contributed by atoms with Gasteiger partial charge in [0.05, 0.1) is 0 Å². The van der Waals surface area contributed by atoms with E-state index in [4.69, 9.17) is 5.11 Å². The molecule has 0 saturated carbocycles. The van der Waals surface area contributed by atoms with Crippen LogP contribution in [-0.4, -0.2) is 39.6 Å². The highest BCUT2D eigenvalue weighted by atomic mass is 24.3. The Morgan fingerprint density at radius 3 is 2.00 bits per heavy atom. The molecule has 0 fully saturated rings. The molecule has 3 N–H and O–H groups in total. The van der Waals surface area contributed by atoms with Gasteiger partial charge in [-0.15, -0.1) is 0 Å². The van der Waals surface area contributed by atoms with E-state index in [1.807, 2.05) is 6.92 Å². The minimum absolute atomic E-state index is 0. The zero-order valence-electron chi connectivity index (χ0n) is 4.27. The third-order valence-corrected chi connectivity index (χ3v) is 0.464. The molecule has 0 rings (SSSR count). The van der Waals surface area contributed by atoms with E-state index in [0.717, 1.165) is 6.42 Å². The van der Waals surface area contributed by atoms with Gasteiger partial charge >= 0.3 is 29.0 Å². The second kappa shape index (κ2) is 10.2. The van der Waals surface area contributed by atoms with E-state index in [2.05, 4.69) is 0 Å². The summed E-state index contributed by atoms with van der Waals surface area (Å²) in [7, 11) is 0. The number of carboxylic acids is 1. The van der Waals surface area contributed by atoms with E-state index in [-0.39, 0.29) is 28.5 Å². The molecular formula is C4H12MgO3. The molecule has 0 aliphatic rings. The van der Waals surface area contributed by atoms with Crippen LogP contribution in [0.15, 0.2) is 0 Å². The fourth-order valence-corrected chi connectivity index (χ4v) is 0.214. The van der Waals surface area contributed by atoms with E-state index in [1.54, 1.807) is 0 Å². The summed E-state index contributed by atoms with van der Waals surface area (Å²) in [4.78, 5) is 9.60. The SMILES string of the molecule is CCCC(=O)O.O.[MgH2]. The van der Waals surface area contributed by atoms with Crippen molar-refractivity contribution in [1.82, 2.24) is 0 Å². The third kappa shape index (κ3) is 16.4. The van der Waals surface area contributed by atoms with Crippen LogP contribution in [0.1, 0.15) is 19.8 Å². The number of aliphatic carboxylic acids is 1. The summed E-state index contributed by atoms with van der Waals surface area (Å²) in [5.41, 5.74) is 0. The molecule has 4 heteroatoms. The lowest BCUT2D eigenvalue weighted by atomic mass is 10.4. The van der Waals surface area contributed by atoms with Crippen molar-refractivity contribution in [3.8, 4) is 0 Å². The molecule has 0 atom stereocenters. The van der Waals surface area contributed by atoms with Crippen LogP contribution in [-0.2, 0) is 4.79 Å². The maximum atomic E-state index is 9.60. The number of carbonyl (C=O) groups is 1.